The van der Waals surface area contributed by atoms with Gasteiger partial charge in [-0.05, 0) is 44.0 Å². The van der Waals surface area contributed by atoms with Crippen LogP contribution in [-0.2, 0) is 14.8 Å². The van der Waals surface area contributed by atoms with Crippen LogP contribution in [0.25, 0.3) is 0 Å². The van der Waals surface area contributed by atoms with E-state index in [0.717, 1.165) is 31.7 Å². The van der Waals surface area contributed by atoms with Gasteiger partial charge in [0.05, 0.1) is 4.90 Å². The zero-order valence-electron chi connectivity index (χ0n) is 12.9. The van der Waals surface area contributed by atoms with Gasteiger partial charge in [0.25, 0.3) is 0 Å². The lowest BCUT2D eigenvalue weighted by Crippen LogP contribution is -2.25. The van der Waals surface area contributed by atoms with Crippen LogP contribution in [0.5, 0.6) is 0 Å². The molecule has 0 unspecified atom stereocenters. The lowest BCUT2D eigenvalue weighted by Gasteiger charge is -2.08. The number of ether oxygens (including phenoxy) is 1. The summed E-state index contributed by atoms with van der Waals surface area (Å²) in [4.78, 5) is 0.288. The van der Waals surface area contributed by atoms with Crippen LogP contribution in [0.4, 0.5) is 5.69 Å². The Labute approximate surface area is 128 Å². The number of anilines is 1. The molecule has 5 nitrogen and oxygen atoms in total. The Balaban J connectivity index is 2.35. The first kappa shape index (κ1) is 17.9. The molecular formula is C15H26N2O3S. The normalized spacial score (nSPS) is 11.5. The third kappa shape index (κ3) is 6.93. The van der Waals surface area contributed by atoms with Crippen molar-refractivity contribution in [3.63, 3.8) is 0 Å². The number of sulfonamides is 1. The summed E-state index contributed by atoms with van der Waals surface area (Å²) in [5.41, 5.74) is 0.917. The molecule has 1 rings (SSSR count). The Morgan fingerprint density at radius 2 is 1.71 bits per heavy atom. The molecular weight excluding hydrogens is 288 g/mol. The van der Waals surface area contributed by atoms with Crippen molar-refractivity contribution in [2.45, 2.75) is 38.0 Å². The molecule has 0 heterocycles. The molecule has 0 aromatic heterocycles. The number of benzene rings is 1. The number of rotatable bonds is 11. The summed E-state index contributed by atoms with van der Waals surface area (Å²) in [5.74, 6) is 0. The fourth-order valence-electron chi connectivity index (χ4n) is 1.77. The van der Waals surface area contributed by atoms with Crippen molar-refractivity contribution in [3.8, 4) is 0 Å². The van der Waals surface area contributed by atoms with Crippen molar-refractivity contribution < 1.29 is 13.2 Å². The predicted molar refractivity (Wildman–Crippen MR) is 86.1 cm³/mol. The highest BCUT2D eigenvalue weighted by molar-refractivity contribution is 7.89. The van der Waals surface area contributed by atoms with Crippen LogP contribution in [0.3, 0.4) is 0 Å². The second-order valence-corrected chi connectivity index (χ2v) is 6.54. The maximum Gasteiger partial charge on any atom is 0.240 e. The fourth-order valence-corrected chi connectivity index (χ4v) is 2.84. The van der Waals surface area contributed by atoms with E-state index in [-0.39, 0.29) is 4.90 Å². The highest BCUT2D eigenvalue weighted by atomic mass is 32.2. The maximum atomic E-state index is 12.1. The monoisotopic (exact) mass is 314 g/mol. The van der Waals surface area contributed by atoms with Gasteiger partial charge in [0, 0.05) is 32.0 Å². The van der Waals surface area contributed by atoms with Crippen molar-refractivity contribution >= 4 is 15.7 Å². The maximum absolute atomic E-state index is 12.1. The van der Waals surface area contributed by atoms with Gasteiger partial charge in [0.2, 0.25) is 10.0 Å². The minimum atomic E-state index is -3.42. The average Bonchev–Trinajstić information content (AvgIpc) is 2.47. The van der Waals surface area contributed by atoms with Gasteiger partial charge in [-0.2, -0.15) is 0 Å². The predicted octanol–water partition coefficient (Wildman–Crippen LogP) is 2.60. The molecule has 21 heavy (non-hydrogen) atoms. The molecule has 0 radical (unpaired) electrons. The van der Waals surface area contributed by atoms with Gasteiger partial charge >= 0.3 is 0 Å². The van der Waals surface area contributed by atoms with E-state index in [2.05, 4.69) is 17.0 Å². The van der Waals surface area contributed by atoms with E-state index < -0.39 is 10.0 Å². The molecule has 120 valence electrons. The van der Waals surface area contributed by atoms with E-state index in [1.807, 2.05) is 6.92 Å². The lowest BCUT2D eigenvalue weighted by molar-refractivity contribution is 0.130. The van der Waals surface area contributed by atoms with Crippen molar-refractivity contribution in [1.82, 2.24) is 4.72 Å². The van der Waals surface area contributed by atoms with E-state index in [0.29, 0.717) is 19.6 Å². The van der Waals surface area contributed by atoms with E-state index >= 15 is 0 Å². The third-order valence-electron chi connectivity index (χ3n) is 2.95. The molecule has 0 spiro atoms. The molecule has 1 aromatic carbocycles. The minimum absolute atomic E-state index is 0.288. The molecule has 0 amide bonds. The van der Waals surface area contributed by atoms with Gasteiger partial charge in [0.1, 0.15) is 0 Å². The molecule has 0 bridgehead atoms. The van der Waals surface area contributed by atoms with Gasteiger partial charge in [0.15, 0.2) is 0 Å². The van der Waals surface area contributed by atoms with Gasteiger partial charge < -0.3 is 10.1 Å². The first-order chi connectivity index (χ1) is 10.1. The van der Waals surface area contributed by atoms with Gasteiger partial charge in [-0.15, -0.1) is 0 Å². The molecule has 0 atom stereocenters. The van der Waals surface area contributed by atoms with Crippen LogP contribution in [0.15, 0.2) is 29.2 Å². The molecule has 2 N–H and O–H groups in total. The van der Waals surface area contributed by atoms with Crippen LogP contribution in [0, 0.1) is 0 Å². The highest BCUT2D eigenvalue weighted by Crippen LogP contribution is 2.13. The first-order valence-electron chi connectivity index (χ1n) is 7.51. The highest BCUT2D eigenvalue weighted by Gasteiger charge is 2.12. The summed E-state index contributed by atoms with van der Waals surface area (Å²) in [6, 6.07) is 6.76. The van der Waals surface area contributed by atoms with E-state index in [1.165, 1.54) is 0 Å². The van der Waals surface area contributed by atoms with Crippen LogP contribution in [0.1, 0.15) is 33.1 Å². The smallest absolute Gasteiger partial charge is 0.240 e. The lowest BCUT2D eigenvalue weighted by atomic mass is 10.3. The van der Waals surface area contributed by atoms with Crippen molar-refractivity contribution in [1.29, 1.82) is 0 Å². The Hall–Kier alpha value is -1.11. The first-order valence-corrected chi connectivity index (χ1v) is 8.99. The standard InChI is InChI=1S/C15H26N2O3S/c1-3-5-12-20-13-6-11-17-21(18,19)15-9-7-14(8-10-15)16-4-2/h7-10,16-17H,3-6,11-13H2,1-2H3. The molecule has 0 saturated carbocycles. The Morgan fingerprint density at radius 1 is 1.05 bits per heavy atom. The second-order valence-electron chi connectivity index (χ2n) is 4.77. The van der Waals surface area contributed by atoms with Crippen molar-refractivity contribution in [2.75, 3.05) is 31.6 Å². The van der Waals surface area contributed by atoms with Crippen molar-refractivity contribution in [3.05, 3.63) is 24.3 Å². The largest absolute Gasteiger partial charge is 0.385 e. The van der Waals surface area contributed by atoms with Gasteiger partial charge in [-0.1, -0.05) is 13.3 Å². The topological polar surface area (TPSA) is 67.4 Å². The number of unbranched alkanes of at least 4 members (excludes halogenated alkanes) is 1. The quantitative estimate of drug-likeness (QED) is 0.616. The van der Waals surface area contributed by atoms with Crippen LogP contribution >= 0.6 is 0 Å². The third-order valence-corrected chi connectivity index (χ3v) is 4.42. The summed E-state index contributed by atoms with van der Waals surface area (Å²) in [6.45, 7) is 6.64. The van der Waals surface area contributed by atoms with Gasteiger partial charge in [-0.3, -0.25) is 0 Å². The van der Waals surface area contributed by atoms with Crippen LogP contribution < -0.4 is 10.0 Å². The summed E-state index contributed by atoms with van der Waals surface area (Å²) in [7, 11) is -3.42. The second kappa shape index (κ2) is 9.76. The molecule has 0 aliphatic carbocycles. The summed E-state index contributed by atoms with van der Waals surface area (Å²) < 4.78 is 32.1. The number of nitrogens with one attached hydrogen (secondary N) is 2. The van der Waals surface area contributed by atoms with E-state index in [1.54, 1.807) is 24.3 Å². The Kier molecular flexibility index (Phi) is 8.34. The van der Waals surface area contributed by atoms with E-state index in [9.17, 15) is 8.42 Å². The van der Waals surface area contributed by atoms with Crippen LogP contribution in [0.2, 0.25) is 0 Å². The zero-order chi connectivity index (χ0) is 15.6. The fraction of sp³-hybridized carbons (Fsp3) is 0.600. The molecule has 0 aliphatic heterocycles. The van der Waals surface area contributed by atoms with Crippen LogP contribution in [-0.4, -0.2) is 34.7 Å². The molecule has 1 aromatic rings. The van der Waals surface area contributed by atoms with Crippen molar-refractivity contribution in [2.24, 2.45) is 0 Å². The summed E-state index contributed by atoms with van der Waals surface area (Å²) in [6.07, 6.45) is 2.83. The number of hydrogen-bond donors (Lipinski definition) is 2. The minimum Gasteiger partial charge on any atom is -0.385 e. The summed E-state index contributed by atoms with van der Waals surface area (Å²) in [5, 5.41) is 3.13. The van der Waals surface area contributed by atoms with Gasteiger partial charge in [-0.25, -0.2) is 13.1 Å². The number of hydrogen-bond acceptors (Lipinski definition) is 4. The summed E-state index contributed by atoms with van der Waals surface area (Å²) >= 11 is 0. The Morgan fingerprint density at radius 3 is 2.33 bits per heavy atom. The Bertz CT molecular complexity index is 486. The van der Waals surface area contributed by atoms with E-state index in [4.69, 9.17) is 4.74 Å². The SMILES string of the molecule is CCCCOCCCNS(=O)(=O)c1ccc(NCC)cc1. The molecule has 0 aliphatic rings. The average molecular weight is 314 g/mol. The molecule has 0 fully saturated rings. The molecule has 0 saturated heterocycles. The molecule has 6 heteroatoms. The zero-order valence-corrected chi connectivity index (χ0v) is 13.7.